The van der Waals surface area contributed by atoms with E-state index in [1.54, 1.807) is 5.57 Å². The SMILES string of the molecule is CC1=C[C@@H](N(C2=CC=CC3C=CC=CC23)[C@H]2C=CCCN2)C2C=CC3C4=C(C=CC1C42)C(N(C1C=CC=CN1)C1CC=Cc2ccccc21)=CC3C. The summed E-state index contributed by atoms with van der Waals surface area (Å²) in [7, 11) is 0. The highest BCUT2D eigenvalue weighted by Crippen LogP contribution is 2.57. The lowest BCUT2D eigenvalue weighted by molar-refractivity contribution is 0.120. The molecule has 0 saturated carbocycles. The monoisotopic (exact) mass is 682 g/mol. The van der Waals surface area contributed by atoms with Crippen LogP contribution >= 0.6 is 0 Å². The lowest BCUT2D eigenvalue weighted by Crippen LogP contribution is -2.57. The molecule has 0 amide bonds. The minimum absolute atomic E-state index is 0.0657. The molecule has 4 nitrogen and oxygen atoms in total. The highest BCUT2D eigenvalue weighted by atomic mass is 15.3. The second kappa shape index (κ2) is 13.0. The van der Waals surface area contributed by atoms with E-state index in [2.05, 4.69) is 186 Å². The van der Waals surface area contributed by atoms with E-state index in [4.69, 9.17) is 0 Å². The number of nitrogens with one attached hydrogen (secondary N) is 2. The summed E-state index contributed by atoms with van der Waals surface area (Å²) in [4.78, 5) is 5.49. The second-order valence-corrected chi connectivity index (χ2v) is 16.0. The molecule has 2 aliphatic heterocycles. The Morgan fingerprint density at radius 3 is 2.52 bits per heavy atom. The van der Waals surface area contributed by atoms with Crippen molar-refractivity contribution in [1.29, 1.82) is 0 Å². The number of hydrogen-bond acceptors (Lipinski definition) is 4. The Balaban J connectivity index is 1.10. The van der Waals surface area contributed by atoms with Gasteiger partial charge in [-0.05, 0) is 78.3 Å². The fraction of sp³-hybridized carbons (Fsp3) is 0.333. The van der Waals surface area contributed by atoms with Crippen molar-refractivity contribution in [3.8, 4) is 0 Å². The molecule has 4 heteroatoms. The van der Waals surface area contributed by atoms with Gasteiger partial charge in [0.1, 0.15) is 6.17 Å². The van der Waals surface area contributed by atoms with Crippen LogP contribution in [0.5, 0.6) is 0 Å². The number of benzene rings is 1. The van der Waals surface area contributed by atoms with Gasteiger partial charge in [-0.1, -0.05) is 140 Å². The molecule has 262 valence electrons. The molecule has 0 aromatic heterocycles. The summed E-state index contributed by atoms with van der Waals surface area (Å²) in [5.41, 5.74) is 10.2. The zero-order chi connectivity index (χ0) is 34.8. The van der Waals surface area contributed by atoms with Crippen LogP contribution in [-0.2, 0) is 0 Å². The molecule has 0 bridgehead atoms. The van der Waals surface area contributed by atoms with Crippen LogP contribution in [0.2, 0.25) is 0 Å². The number of rotatable bonds is 6. The van der Waals surface area contributed by atoms with Gasteiger partial charge in [0.2, 0.25) is 0 Å². The Kier molecular flexibility index (Phi) is 7.98. The molecule has 7 aliphatic carbocycles. The van der Waals surface area contributed by atoms with Crippen LogP contribution in [0.15, 0.2) is 174 Å². The van der Waals surface area contributed by atoms with Gasteiger partial charge in [-0.25, -0.2) is 0 Å². The van der Waals surface area contributed by atoms with Gasteiger partial charge in [0.15, 0.2) is 0 Å². The Hall–Kier alpha value is -4.80. The van der Waals surface area contributed by atoms with Gasteiger partial charge in [0, 0.05) is 47.5 Å². The van der Waals surface area contributed by atoms with Crippen LogP contribution in [0.1, 0.15) is 43.9 Å². The van der Waals surface area contributed by atoms with Crippen molar-refractivity contribution in [3.63, 3.8) is 0 Å². The molecule has 9 unspecified atom stereocenters. The molecule has 2 heterocycles. The Bertz CT molecular complexity index is 2040. The van der Waals surface area contributed by atoms with E-state index in [1.807, 2.05) is 0 Å². The number of hydrogen-bond donors (Lipinski definition) is 2. The average molecular weight is 683 g/mol. The smallest absolute Gasteiger partial charge is 0.119 e. The summed E-state index contributed by atoms with van der Waals surface area (Å²) >= 11 is 0. The first-order valence-electron chi connectivity index (χ1n) is 19.7. The van der Waals surface area contributed by atoms with Gasteiger partial charge in [0.05, 0.1) is 18.2 Å². The molecule has 0 saturated heterocycles. The minimum Gasteiger partial charge on any atom is -0.368 e. The van der Waals surface area contributed by atoms with Crippen molar-refractivity contribution in [2.24, 2.45) is 41.4 Å². The molecule has 1 aromatic carbocycles. The maximum Gasteiger partial charge on any atom is 0.119 e. The fourth-order valence-electron chi connectivity index (χ4n) is 10.9. The molecule has 52 heavy (non-hydrogen) atoms. The Morgan fingerprint density at radius 2 is 1.63 bits per heavy atom. The molecule has 1 aromatic rings. The van der Waals surface area contributed by atoms with Crippen molar-refractivity contribution in [1.82, 2.24) is 20.4 Å². The Morgan fingerprint density at radius 1 is 0.750 bits per heavy atom. The van der Waals surface area contributed by atoms with Gasteiger partial charge in [0.25, 0.3) is 0 Å². The molecule has 9 aliphatic rings. The highest BCUT2D eigenvalue weighted by molar-refractivity contribution is 5.60. The first-order valence-corrected chi connectivity index (χ1v) is 19.7. The lowest BCUT2D eigenvalue weighted by Gasteiger charge is -2.55. The molecule has 11 atom stereocenters. The van der Waals surface area contributed by atoms with E-state index in [-0.39, 0.29) is 24.4 Å². The summed E-state index contributed by atoms with van der Waals surface area (Å²) in [5, 5.41) is 7.68. The third kappa shape index (κ3) is 5.13. The van der Waals surface area contributed by atoms with Crippen molar-refractivity contribution in [2.75, 3.05) is 6.54 Å². The largest absolute Gasteiger partial charge is 0.368 e. The molecule has 0 radical (unpaired) electrons. The number of allylic oxidation sites excluding steroid dienone is 15. The van der Waals surface area contributed by atoms with E-state index in [0.717, 1.165) is 19.4 Å². The first-order chi connectivity index (χ1) is 25.7. The molecule has 0 spiro atoms. The van der Waals surface area contributed by atoms with E-state index < -0.39 is 0 Å². The predicted molar refractivity (Wildman–Crippen MR) is 214 cm³/mol. The zero-order valence-corrected chi connectivity index (χ0v) is 30.3. The van der Waals surface area contributed by atoms with E-state index in [1.165, 1.54) is 33.7 Å². The van der Waals surface area contributed by atoms with Crippen LogP contribution in [0, 0.1) is 41.4 Å². The van der Waals surface area contributed by atoms with Gasteiger partial charge in [-0.3, -0.25) is 5.32 Å². The van der Waals surface area contributed by atoms with Crippen LogP contribution in [-0.4, -0.2) is 34.7 Å². The van der Waals surface area contributed by atoms with Gasteiger partial charge >= 0.3 is 0 Å². The average Bonchev–Trinajstić information content (AvgIpc) is 3.20. The molecule has 10 rings (SSSR count). The highest BCUT2D eigenvalue weighted by Gasteiger charge is 2.51. The van der Waals surface area contributed by atoms with Gasteiger partial charge < -0.3 is 15.1 Å². The van der Waals surface area contributed by atoms with Crippen molar-refractivity contribution >= 4 is 6.08 Å². The quantitative estimate of drug-likeness (QED) is 0.293. The topological polar surface area (TPSA) is 30.5 Å². The molecule has 2 N–H and O–H groups in total. The fourth-order valence-corrected chi connectivity index (χ4v) is 10.9. The van der Waals surface area contributed by atoms with Crippen LogP contribution in [0.4, 0.5) is 0 Å². The van der Waals surface area contributed by atoms with Crippen molar-refractivity contribution in [2.45, 2.75) is 51.1 Å². The summed E-state index contributed by atoms with van der Waals surface area (Å²) in [5.74, 6) is 2.72. The number of nitrogens with zero attached hydrogens (tertiary/aromatic N) is 2. The van der Waals surface area contributed by atoms with Gasteiger partial charge in [-0.15, -0.1) is 0 Å². The second-order valence-electron chi connectivity index (χ2n) is 16.0. The van der Waals surface area contributed by atoms with Crippen LogP contribution in [0.25, 0.3) is 6.08 Å². The normalized spacial score (nSPS) is 37.0. The number of fused-ring (bicyclic) bond motifs is 2. The lowest BCUT2D eigenvalue weighted by atomic mass is 9.56. The van der Waals surface area contributed by atoms with E-state index in [0.29, 0.717) is 41.4 Å². The number of dihydropyridines is 1. The van der Waals surface area contributed by atoms with Crippen LogP contribution < -0.4 is 10.6 Å². The van der Waals surface area contributed by atoms with E-state index >= 15 is 0 Å². The minimum atomic E-state index is 0.0657. The van der Waals surface area contributed by atoms with E-state index in [9.17, 15) is 0 Å². The van der Waals surface area contributed by atoms with Crippen molar-refractivity contribution < 1.29 is 0 Å². The summed E-state index contributed by atoms with van der Waals surface area (Å²) in [6.45, 7) is 5.87. The maximum atomic E-state index is 3.93. The molecular weight excluding hydrogens is 633 g/mol. The molecular formula is C48H50N4. The predicted octanol–water partition coefficient (Wildman–Crippen LogP) is 9.20. The summed E-state index contributed by atoms with van der Waals surface area (Å²) < 4.78 is 0. The maximum absolute atomic E-state index is 3.93. The third-order valence-electron chi connectivity index (χ3n) is 13.2. The molecule has 0 fully saturated rings. The Labute approximate surface area is 309 Å². The summed E-state index contributed by atoms with van der Waals surface area (Å²) in [6, 6.07) is 9.47. The first kappa shape index (κ1) is 31.9. The standard InChI is InChI=1S/C48H50N4/c1-31-29-43(51(45-21-7-9-27-49-45)41-19-11-15-33-13-3-5-17-37(33)41)39-26-24-36-32(2)30-44(40-25-23-35(31)47(39)48(36)40)52(46-22-8-10-28-50-46)42-20-12-16-34-14-4-6-18-38(34)42/h3-9,11-18,20-27,29-31,34-36,38,40-41,44-46,48-50H,10,19,28H2,1-2H3/t31?,34?,35?,36?,38?,40?,41?,44-,45?,46+,48?/m1/s1. The zero-order valence-electron chi connectivity index (χ0n) is 30.3. The van der Waals surface area contributed by atoms with Gasteiger partial charge in [-0.2, -0.15) is 0 Å². The van der Waals surface area contributed by atoms with Crippen LogP contribution in [0.3, 0.4) is 0 Å². The van der Waals surface area contributed by atoms with Crippen molar-refractivity contribution in [3.05, 3.63) is 185 Å². The third-order valence-corrected chi connectivity index (χ3v) is 13.2. The summed E-state index contributed by atoms with van der Waals surface area (Å²) in [6.07, 6.45) is 52.4.